The zero-order valence-corrected chi connectivity index (χ0v) is 17.8. The Morgan fingerprint density at radius 2 is 0.769 bits per heavy atom. The summed E-state index contributed by atoms with van der Waals surface area (Å²) in [6, 6.07) is 22.5. The summed E-state index contributed by atoms with van der Waals surface area (Å²) < 4.78 is 10.2. The molecule has 0 bridgehead atoms. The first-order chi connectivity index (χ1) is 12.3. The molecule has 0 N–H and O–H groups in total. The second kappa shape index (κ2) is 11.4. The van der Waals surface area contributed by atoms with E-state index in [1.807, 2.05) is 30.3 Å². The van der Waals surface area contributed by atoms with Gasteiger partial charge in [0.15, 0.2) is 5.30 Å². The van der Waals surface area contributed by atoms with Crippen LogP contribution in [0.5, 0.6) is 0 Å². The number of hydrogen-bond donors (Lipinski definition) is 0. The fraction of sp³-hybridized carbons (Fsp3) is 0.250. The average molecular weight is 365 g/mol. The standard InChI is InChI=1S/2C9H12.C6H5OP/c2*1-7-4-8(2)6-9(3)5-7;7-8-6-4-2-1-3-5-6/h2*4-6H,1-3H3;1-5H/p+1. The molecule has 0 saturated carbocycles. The third-order valence-electron chi connectivity index (χ3n) is 3.62. The molecule has 3 aromatic rings. The molecular formula is C24H30OP+. The van der Waals surface area contributed by atoms with Crippen molar-refractivity contribution in [1.29, 1.82) is 0 Å². The lowest BCUT2D eigenvalue weighted by atomic mass is 10.1. The van der Waals surface area contributed by atoms with Gasteiger partial charge in [-0.2, -0.15) is 0 Å². The minimum absolute atomic E-state index is 0.320. The maximum absolute atomic E-state index is 10.2. The van der Waals surface area contributed by atoms with Crippen LogP contribution in [-0.4, -0.2) is 0 Å². The van der Waals surface area contributed by atoms with Crippen LogP contribution in [-0.2, 0) is 4.57 Å². The molecule has 0 aliphatic rings. The van der Waals surface area contributed by atoms with Crippen molar-refractivity contribution in [2.24, 2.45) is 0 Å². The number of aryl methyl sites for hydroxylation is 6. The number of benzene rings is 3. The largest absolute Gasteiger partial charge is 0.363 e. The molecule has 26 heavy (non-hydrogen) atoms. The van der Waals surface area contributed by atoms with Gasteiger partial charge in [-0.3, -0.25) is 0 Å². The van der Waals surface area contributed by atoms with Crippen molar-refractivity contribution in [3.05, 3.63) is 100 Å². The summed E-state index contributed by atoms with van der Waals surface area (Å²) in [5.41, 5.74) is 8.13. The van der Waals surface area contributed by atoms with Crippen molar-refractivity contribution >= 4 is 13.8 Å². The zero-order chi connectivity index (χ0) is 19.5. The Hall–Kier alpha value is -2.24. The van der Waals surface area contributed by atoms with Crippen LogP contribution in [0.2, 0.25) is 0 Å². The Morgan fingerprint density at radius 1 is 0.500 bits per heavy atom. The van der Waals surface area contributed by atoms with Crippen LogP contribution in [0.1, 0.15) is 33.4 Å². The second-order valence-corrected chi connectivity index (χ2v) is 7.58. The SMILES string of the molecule is Cc1cc(C)cc(C)c1.Cc1cc(C)cc(C)c1.O=[PH+]c1ccccc1. The number of rotatable bonds is 1. The Balaban J connectivity index is 0.000000195. The molecule has 136 valence electrons. The molecule has 0 saturated heterocycles. The van der Waals surface area contributed by atoms with Gasteiger partial charge in [-0.25, -0.2) is 0 Å². The monoisotopic (exact) mass is 365 g/mol. The first-order valence-electron chi connectivity index (χ1n) is 8.83. The molecule has 0 aromatic heterocycles. The normalized spacial score (nSPS) is 9.62. The summed E-state index contributed by atoms with van der Waals surface area (Å²) >= 11 is 0. The first-order valence-corrected chi connectivity index (χ1v) is 9.74. The van der Waals surface area contributed by atoms with E-state index < -0.39 is 0 Å². The Morgan fingerprint density at radius 3 is 0.962 bits per heavy atom. The third kappa shape index (κ3) is 9.30. The molecule has 0 aliphatic heterocycles. The lowest BCUT2D eigenvalue weighted by Gasteiger charge is -1.96. The highest BCUT2D eigenvalue weighted by atomic mass is 31.1. The van der Waals surface area contributed by atoms with Crippen molar-refractivity contribution in [1.82, 2.24) is 0 Å². The Bertz CT molecular complexity index is 672. The molecular weight excluding hydrogens is 335 g/mol. The first kappa shape index (κ1) is 21.8. The molecule has 0 radical (unpaired) electrons. The Labute approximate surface area is 160 Å². The number of hydrogen-bond acceptors (Lipinski definition) is 1. The van der Waals surface area contributed by atoms with Crippen molar-refractivity contribution in [3.8, 4) is 0 Å². The van der Waals surface area contributed by atoms with Crippen LogP contribution in [0.3, 0.4) is 0 Å². The highest BCUT2D eigenvalue weighted by molar-refractivity contribution is 7.34. The van der Waals surface area contributed by atoms with Gasteiger partial charge in [0.25, 0.3) is 0 Å². The Kier molecular flexibility index (Phi) is 9.55. The van der Waals surface area contributed by atoms with Crippen LogP contribution in [0.25, 0.3) is 0 Å². The quantitative estimate of drug-likeness (QED) is 0.446. The zero-order valence-electron chi connectivity index (χ0n) is 16.8. The summed E-state index contributed by atoms with van der Waals surface area (Å²) in [5, 5.41) is 0.882. The van der Waals surface area contributed by atoms with Crippen LogP contribution < -0.4 is 5.30 Å². The van der Waals surface area contributed by atoms with Crippen molar-refractivity contribution < 1.29 is 4.57 Å². The summed E-state index contributed by atoms with van der Waals surface area (Å²) in [7, 11) is -0.320. The van der Waals surface area contributed by atoms with E-state index in [-0.39, 0.29) is 8.46 Å². The molecule has 0 fully saturated rings. The molecule has 0 amide bonds. The highest BCUT2D eigenvalue weighted by Gasteiger charge is 1.92. The lowest BCUT2D eigenvalue weighted by Crippen LogP contribution is -1.84. The second-order valence-electron chi connectivity index (χ2n) is 6.80. The topological polar surface area (TPSA) is 17.1 Å². The van der Waals surface area contributed by atoms with E-state index in [1.165, 1.54) is 33.4 Å². The summed E-state index contributed by atoms with van der Waals surface area (Å²) in [6.45, 7) is 12.8. The smallest absolute Gasteiger partial charge is 0.0707 e. The van der Waals surface area contributed by atoms with Gasteiger partial charge in [0.1, 0.15) is 0 Å². The van der Waals surface area contributed by atoms with E-state index in [0.717, 1.165) is 5.30 Å². The molecule has 1 unspecified atom stereocenters. The van der Waals surface area contributed by atoms with Gasteiger partial charge in [0.05, 0.1) is 0 Å². The van der Waals surface area contributed by atoms with E-state index in [0.29, 0.717) is 0 Å². The molecule has 1 atom stereocenters. The average Bonchev–Trinajstić information content (AvgIpc) is 2.54. The van der Waals surface area contributed by atoms with Crippen molar-refractivity contribution in [2.45, 2.75) is 41.5 Å². The molecule has 1 nitrogen and oxygen atoms in total. The fourth-order valence-electron chi connectivity index (χ4n) is 2.91. The van der Waals surface area contributed by atoms with Gasteiger partial charge in [0, 0.05) is 0 Å². The van der Waals surface area contributed by atoms with Crippen LogP contribution in [0, 0.1) is 41.5 Å². The van der Waals surface area contributed by atoms with Crippen LogP contribution >= 0.6 is 8.46 Å². The van der Waals surface area contributed by atoms with E-state index in [4.69, 9.17) is 0 Å². The minimum Gasteiger partial charge on any atom is -0.0707 e. The van der Waals surface area contributed by atoms with Crippen LogP contribution in [0.4, 0.5) is 0 Å². The minimum atomic E-state index is -0.320. The van der Waals surface area contributed by atoms with Gasteiger partial charge < -0.3 is 0 Å². The van der Waals surface area contributed by atoms with Gasteiger partial charge in [-0.1, -0.05) is 92.5 Å². The van der Waals surface area contributed by atoms with Gasteiger partial charge in [0.2, 0.25) is 0 Å². The fourth-order valence-corrected chi connectivity index (χ4v) is 3.24. The summed E-state index contributed by atoms with van der Waals surface area (Å²) in [5.74, 6) is 0. The van der Waals surface area contributed by atoms with E-state index in [9.17, 15) is 4.57 Å². The van der Waals surface area contributed by atoms with Crippen LogP contribution in [0.15, 0.2) is 66.7 Å². The predicted molar refractivity (Wildman–Crippen MR) is 116 cm³/mol. The van der Waals surface area contributed by atoms with Gasteiger partial charge >= 0.3 is 8.46 Å². The lowest BCUT2D eigenvalue weighted by molar-refractivity contribution is 0.603. The summed E-state index contributed by atoms with van der Waals surface area (Å²) in [6.07, 6.45) is 0. The van der Waals surface area contributed by atoms with Crippen molar-refractivity contribution in [3.63, 3.8) is 0 Å². The molecule has 0 heterocycles. The third-order valence-corrected chi connectivity index (χ3v) is 4.19. The van der Waals surface area contributed by atoms with Crippen molar-refractivity contribution in [2.75, 3.05) is 0 Å². The maximum Gasteiger partial charge on any atom is 0.363 e. The summed E-state index contributed by atoms with van der Waals surface area (Å²) in [4.78, 5) is 0. The van der Waals surface area contributed by atoms with Gasteiger partial charge in [-0.15, -0.1) is 0 Å². The molecule has 3 aromatic carbocycles. The van der Waals surface area contributed by atoms with Gasteiger partial charge in [-0.05, 0) is 53.7 Å². The van der Waals surface area contributed by atoms with E-state index in [2.05, 4.69) is 77.9 Å². The molecule has 0 aliphatic carbocycles. The molecule has 3 rings (SSSR count). The predicted octanol–water partition coefficient (Wildman–Crippen LogP) is 6.56. The molecule has 0 spiro atoms. The maximum atomic E-state index is 10.2. The van der Waals surface area contributed by atoms with E-state index in [1.54, 1.807) is 0 Å². The highest BCUT2D eigenvalue weighted by Crippen LogP contribution is 2.07. The van der Waals surface area contributed by atoms with E-state index >= 15 is 0 Å². The molecule has 2 heteroatoms.